The van der Waals surface area contributed by atoms with E-state index in [4.69, 9.17) is 4.74 Å². The van der Waals surface area contributed by atoms with Crippen LogP contribution in [-0.4, -0.2) is 21.1 Å². The molecule has 1 N–H and O–H groups in total. The molecule has 2 aromatic carbocycles. The molecule has 0 aliphatic carbocycles. The lowest BCUT2D eigenvalue weighted by molar-refractivity contribution is -0.121. The number of carbonyl (C=O) groups excluding carboxylic acids is 1. The SMILES string of the molecule is C=CCn1c(=O)c(=O)n(CC(=O)NCc2ccc(OC(C)C)cc2)c2ccccc21. The number of ether oxygens (including phenoxy) is 1. The van der Waals surface area contributed by atoms with Crippen molar-refractivity contribution in [3.63, 3.8) is 0 Å². The Morgan fingerprint density at radius 1 is 1.03 bits per heavy atom. The zero-order valence-electron chi connectivity index (χ0n) is 17.1. The van der Waals surface area contributed by atoms with Crippen molar-refractivity contribution in [2.75, 3.05) is 0 Å². The summed E-state index contributed by atoms with van der Waals surface area (Å²) in [4.78, 5) is 37.6. The van der Waals surface area contributed by atoms with Crippen molar-refractivity contribution in [2.45, 2.75) is 39.6 Å². The Balaban J connectivity index is 1.78. The fourth-order valence-electron chi connectivity index (χ4n) is 3.20. The van der Waals surface area contributed by atoms with Crippen LogP contribution in [0.5, 0.6) is 5.75 Å². The summed E-state index contributed by atoms with van der Waals surface area (Å²) in [5, 5.41) is 2.79. The first kappa shape index (κ1) is 21.1. The van der Waals surface area contributed by atoms with Crippen LogP contribution >= 0.6 is 0 Å². The molecule has 1 amide bonds. The Morgan fingerprint density at radius 3 is 2.23 bits per heavy atom. The van der Waals surface area contributed by atoms with Crippen LogP contribution in [0.2, 0.25) is 0 Å². The molecule has 0 aliphatic heterocycles. The van der Waals surface area contributed by atoms with Gasteiger partial charge in [0, 0.05) is 13.1 Å². The summed E-state index contributed by atoms with van der Waals surface area (Å²) >= 11 is 0. The molecule has 0 saturated carbocycles. The van der Waals surface area contributed by atoms with E-state index in [0.29, 0.717) is 17.6 Å². The third-order valence-electron chi connectivity index (χ3n) is 4.53. The highest BCUT2D eigenvalue weighted by atomic mass is 16.5. The highest BCUT2D eigenvalue weighted by molar-refractivity contribution is 5.80. The monoisotopic (exact) mass is 407 g/mol. The van der Waals surface area contributed by atoms with Gasteiger partial charge in [-0.15, -0.1) is 6.58 Å². The second-order valence-electron chi connectivity index (χ2n) is 7.17. The van der Waals surface area contributed by atoms with Gasteiger partial charge in [0.25, 0.3) is 0 Å². The topological polar surface area (TPSA) is 82.3 Å². The summed E-state index contributed by atoms with van der Waals surface area (Å²) in [6.07, 6.45) is 1.65. The van der Waals surface area contributed by atoms with Gasteiger partial charge in [-0.3, -0.25) is 23.5 Å². The summed E-state index contributed by atoms with van der Waals surface area (Å²) in [5.41, 5.74) is 0.589. The van der Waals surface area contributed by atoms with E-state index in [-0.39, 0.29) is 25.1 Å². The minimum absolute atomic E-state index is 0.0885. The Bertz CT molecular complexity index is 1170. The average Bonchev–Trinajstić information content (AvgIpc) is 2.73. The Hall–Kier alpha value is -3.61. The van der Waals surface area contributed by atoms with Crippen LogP contribution in [0.1, 0.15) is 19.4 Å². The van der Waals surface area contributed by atoms with Crippen molar-refractivity contribution in [1.29, 1.82) is 0 Å². The zero-order chi connectivity index (χ0) is 21.7. The number of fused-ring (bicyclic) bond motifs is 1. The molecule has 0 radical (unpaired) electrons. The fraction of sp³-hybridized carbons (Fsp3) is 0.261. The molecule has 0 atom stereocenters. The van der Waals surface area contributed by atoms with Crippen LogP contribution in [0.4, 0.5) is 0 Å². The number of nitrogens with one attached hydrogen (secondary N) is 1. The lowest BCUT2D eigenvalue weighted by atomic mass is 10.2. The predicted octanol–water partition coefficient (Wildman–Crippen LogP) is 2.45. The van der Waals surface area contributed by atoms with Gasteiger partial charge in [0.2, 0.25) is 5.91 Å². The number of nitrogens with zero attached hydrogens (tertiary/aromatic N) is 2. The molecule has 156 valence electrons. The Kier molecular flexibility index (Phi) is 6.51. The van der Waals surface area contributed by atoms with Crippen LogP contribution < -0.4 is 21.2 Å². The van der Waals surface area contributed by atoms with Crippen molar-refractivity contribution in [1.82, 2.24) is 14.5 Å². The minimum Gasteiger partial charge on any atom is -0.491 e. The molecule has 30 heavy (non-hydrogen) atoms. The molecule has 0 aliphatic rings. The number of benzene rings is 2. The van der Waals surface area contributed by atoms with Gasteiger partial charge in [-0.05, 0) is 43.7 Å². The number of hydrogen-bond acceptors (Lipinski definition) is 4. The van der Waals surface area contributed by atoms with Gasteiger partial charge in [-0.25, -0.2) is 0 Å². The molecule has 0 saturated heterocycles. The molecule has 0 spiro atoms. The molecule has 0 fully saturated rings. The number of hydrogen-bond donors (Lipinski definition) is 1. The van der Waals surface area contributed by atoms with E-state index in [9.17, 15) is 14.4 Å². The first-order chi connectivity index (χ1) is 14.4. The van der Waals surface area contributed by atoms with Crippen LogP contribution in [0, 0.1) is 0 Å². The van der Waals surface area contributed by atoms with Crippen LogP contribution in [-0.2, 0) is 24.4 Å². The van der Waals surface area contributed by atoms with Gasteiger partial charge in [0.1, 0.15) is 12.3 Å². The van der Waals surface area contributed by atoms with E-state index in [1.165, 1.54) is 9.13 Å². The second-order valence-corrected chi connectivity index (χ2v) is 7.17. The highest BCUT2D eigenvalue weighted by Gasteiger charge is 2.14. The summed E-state index contributed by atoms with van der Waals surface area (Å²) < 4.78 is 8.18. The number of aromatic nitrogens is 2. The maximum Gasteiger partial charge on any atom is 0.317 e. The predicted molar refractivity (Wildman–Crippen MR) is 117 cm³/mol. The molecule has 7 heteroatoms. The Labute approximate surface area is 174 Å². The molecular formula is C23H25N3O4. The second kappa shape index (κ2) is 9.26. The lowest BCUT2D eigenvalue weighted by Gasteiger charge is -2.14. The third-order valence-corrected chi connectivity index (χ3v) is 4.53. The number of allylic oxidation sites excluding steroid dienone is 1. The number of rotatable bonds is 8. The van der Waals surface area contributed by atoms with Gasteiger partial charge in [-0.1, -0.05) is 30.3 Å². The van der Waals surface area contributed by atoms with Gasteiger partial charge in [0.15, 0.2) is 0 Å². The quantitative estimate of drug-likeness (QED) is 0.459. The summed E-state index contributed by atoms with van der Waals surface area (Å²) in [6.45, 7) is 7.83. The van der Waals surface area contributed by atoms with E-state index in [2.05, 4.69) is 11.9 Å². The number of amides is 1. The van der Waals surface area contributed by atoms with E-state index in [1.807, 2.05) is 38.1 Å². The maximum atomic E-state index is 12.6. The summed E-state index contributed by atoms with van der Waals surface area (Å²) in [5.74, 6) is 0.406. The molecule has 1 heterocycles. The van der Waals surface area contributed by atoms with E-state index < -0.39 is 11.1 Å². The Morgan fingerprint density at radius 2 is 1.63 bits per heavy atom. The zero-order valence-corrected chi connectivity index (χ0v) is 17.1. The normalized spacial score (nSPS) is 10.9. The lowest BCUT2D eigenvalue weighted by Crippen LogP contribution is -2.43. The van der Waals surface area contributed by atoms with Gasteiger partial charge in [0.05, 0.1) is 17.1 Å². The molecule has 1 aromatic heterocycles. The van der Waals surface area contributed by atoms with Crippen LogP contribution in [0.25, 0.3) is 11.0 Å². The molecule has 3 aromatic rings. The van der Waals surface area contributed by atoms with Crippen LogP contribution in [0.15, 0.2) is 70.8 Å². The van der Waals surface area contributed by atoms with Crippen molar-refractivity contribution >= 4 is 16.9 Å². The first-order valence-corrected chi connectivity index (χ1v) is 9.76. The summed E-state index contributed by atoms with van der Waals surface area (Å²) in [6, 6.07) is 14.4. The first-order valence-electron chi connectivity index (χ1n) is 9.76. The fourth-order valence-corrected chi connectivity index (χ4v) is 3.20. The van der Waals surface area contributed by atoms with Gasteiger partial charge < -0.3 is 10.1 Å². The smallest absolute Gasteiger partial charge is 0.317 e. The number of para-hydroxylation sites is 2. The van der Waals surface area contributed by atoms with Gasteiger partial charge >= 0.3 is 11.1 Å². The molecule has 3 rings (SSSR count). The highest BCUT2D eigenvalue weighted by Crippen LogP contribution is 2.14. The van der Waals surface area contributed by atoms with Crippen molar-refractivity contribution in [2.24, 2.45) is 0 Å². The van der Waals surface area contributed by atoms with Gasteiger partial charge in [-0.2, -0.15) is 0 Å². The van der Waals surface area contributed by atoms with E-state index >= 15 is 0 Å². The maximum absolute atomic E-state index is 12.6. The number of carbonyl (C=O) groups is 1. The molecule has 0 unspecified atom stereocenters. The largest absolute Gasteiger partial charge is 0.491 e. The van der Waals surface area contributed by atoms with Crippen molar-refractivity contribution < 1.29 is 9.53 Å². The minimum atomic E-state index is -0.735. The van der Waals surface area contributed by atoms with E-state index in [0.717, 1.165) is 11.3 Å². The standard InChI is InChI=1S/C23H25N3O4/c1-4-13-25-19-7-5-6-8-20(19)26(23(29)22(25)28)15-21(27)24-14-17-9-11-18(12-10-17)30-16(2)3/h4-12,16H,1,13-15H2,2-3H3,(H,24,27). The summed E-state index contributed by atoms with van der Waals surface area (Å²) in [7, 11) is 0. The van der Waals surface area contributed by atoms with Crippen molar-refractivity contribution in [3.05, 3.63) is 87.5 Å². The molecule has 0 bridgehead atoms. The van der Waals surface area contributed by atoms with Crippen molar-refractivity contribution in [3.8, 4) is 5.75 Å². The molecule has 7 nitrogen and oxygen atoms in total. The third kappa shape index (κ3) is 4.68. The average molecular weight is 407 g/mol. The van der Waals surface area contributed by atoms with Crippen LogP contribution in [0.3, 0.4) is 0 Å². The van der Waals surface area contributed by atoms with E-state index in [1.54, 1.807) is 30.3 Å². The molecular weight excluding hydrogens is 382 g/mol.